The van der Waals surface area contributed by atoms with E-state index < -0.39 is 5.97 Å². The number of nitrogens with one attached hydrogen (secondary N) is 1. The Kier molecular flexibility index (Phi) is 6.06. The summed E-state index contributed by atoms with van der Waals surface area (Å²) >= 11 is 7.49. The summed E-state index contributed by atoms with van der Waals surface area (Å²) in [5.41, 5.74) is 1.41. The number of carboxylic acid groups (broad SMARTS) is 1. The first kappa shape index (κ1) is 15.2. The van der Waals surface area contributed by atoms with E-state index in [0.717, 1.165) is 23.1 Å². The Morgan fingerprint density at radius 1 is 1.47 bits per heavy atom. The number of aromatic carboxylic acids is 1. The van der Waals surface area contributed by atoms with Crippen LogP contribution in [0.1, 0.15) is 15.9 Å². The van der Waals surface area contributed by atoms with Gasteiger partial charge in [-0.25, -0.2) is 4.79 Å². The van der Waals surface area contributed by atoms with Crippen molar-refractivity contribution in [3.05, 3.63) is 33.8 Å². The number of benzene rings is 1. The molecule has 0 aliphatic carbocycles. The second-order valence-electron chi connectivity index (χ2n) is 4.31. The lowest BCUT2D eigenvalue weighted by Gasteiger charge is -2.21. The van der Waals surface area contributed by atoms with Gasteiger partial charge in [0.25, 0.3) is 0 Å². The van der Waals surface area contributed by atoms with Crippen LogP contribution in [0.2, 0.25) is 0 Å². The SMILES string of the molecule is O=C(O)c1ccc(CNCC2CSCCS2)c(Br)c1. The molecule has 3 nitrogen and oxygen atoms in total. The molecule has 1 atom stereocenters. The van der Waals surface area contributed by atoms with Gasteiger partial charge in [0.2, 0.25) is 0 Å². The second kappa shape index (κ2) is 7.57. The average molecular weight is 362 g/mol. The monoisotopic (exact) mass is 361 g/mol. The summed E-state index contributed by atoms with van der Waals surface area (Å²) in [6, 6.07) is 5.17. The van der Waals surface area contributed by atoms with E-state index in [0.29, 0.717) is 10.8 Å². The molecule has 1 aliphatic heterocycles. The van der Waals surface area contributed by atoms with E-state index in [2.05, 4.69) is 21.2 Å². The molecule has 1 aromatic carbocycles. The first-order valence-electron chi connectivity index (χ1n) is 6.08. The summed E-state index contributed by atoms with van der Waals surface area (Å²) in [4.78, 5) is 10.8. The highest BCUT2D eigenvalue weighted by molar-refractivity contribution is 9.10. The maximum Gasteiger partial charge on any atom is 0.335 e. The zero-order valence-electron chi connectivity index (χ0n) is 10.4. The summed E-state index contributed by atoms with van der Waals surface area (Å²) in [7, 11) is 0. The molecule has 0 bridgehead atoms. The molecule has 1 saturated heterocycles. The fourth-order valence-electron chi connectivity index (χ4n) is 1.85. The molecule has 1 aromatic rings. The van der Waals surface area contributed by atoms with Gasteiger partial charge in [-0.05, 0) is 17.7 Å². The van der Waals surface area contributed by atoms with Gasteiger partial charge in [0, 0.05) is 40.1 Å². The number of carbonyl (C=O) groups is 1. The molecule has 1 fully saturated rings. The van der Waals surface area contributed by atoms with Gasteiger partial charge in [0.05, 0.1) is 5.56 Å². The quantitative estimate of drug-likeness (QED) is 0.843. The molecule has 1 unspecified atom stereocenters. The summed E-state index contributed by atoms with van der Waals surface area (Å²) < 4.78 is 0.852. The molecule has 6 heteroatoms. The molecule has 1 heterocycles. The number of hydrogen-bond acceptors (Lipinski definition) is 4. The van der Waals surface area contributed by atoms with Crippen LogP contribution >= 0.6 is 39.5 Å². The summed E-state index contributed by atoms with van der Waals surface area (Å²) in [5, 5.41) is 13.0. The number of hydrogen-bond donors (Lipinski definition) is 2. The van der Waals surface area contributed by atoms with E-state index in [1.807, 2.05) is 29.6 Å². The highest BCUT2D eigenvalue weighted by Gasteiger charge is 2.14. The molecule has 2 N–H and O–H groups in total. The Balaban J connectivity index is 1.83. The summed E-state index contributed by atoms with van der Waals surface area (Å²) in [6.45, 7) is 1.77. The van der Waals surface area contributed by atoms with Crippen LogP contribution in [0.5, 0.6) is 0 Å². The van der Waals surface area contributed by atoms with Crippen LogP contribution in [-0.2, 0) is 6.54 Å². The topological polar surface area (TPSA) is 49.3 Å². The first-order valence-corrected chi connectivity index (χ1v) is 9.08. The maximum absolute atomic E-state index is 10.8. The molecule has 0 radical (unpaired) electrons. The van der Waals surface area contributed by atoms with Crippen molar-refractivity contribution < 1.29 is 9.90 Å². The van der Waals surface area contributed by atoms with Gasteiger partial charge in [0.15, 0.2) is 0 Å². The van der Waals surface area contributed by atoms with E-state index in [4.69, 9.17) is 5.11 Å². The Labute approximate surface area is 130 Å². The molecular formula is C13H16BrNO2S2. The predicted octanol–water partition coefficient (Wildman–Crippen LogP) is 3.09. The van der Waals surface area contributed by atoms with E-state index in [1.165, 1.54) is 17.3 Å². The number of halogens is 1. The van der Waals surface area contributed by atoms with Gasteiger partial charge in [0.1, 0.15) is 0 Å². The molecule has 19 heavy (non-hydrogen) atoms. The lowest BCUT2D eigenvalue weighted by Crippen LogP contribution is -2.28. The van der Waals surface area contributed by atoms with Crippen LogP contribution < -0.4 is 5.32 Å². The number of carboxylic acids is 1. The summed E-state index contributed by atoms with van der Waals surface area (Å²) in [6.07, 6.45) is 0. The third-order valence-electron chi connectivity index (χ3n) is 2.87. The fourth-order valence-corrected chi connectivity index (χ4v) is 5.01. The van der Waals surface area contributed by atoms with Gasteiger partial charge in [-0.2, -0.15) is 23.5 Å². The van der Waals surface area contributed by atoms with Crippen LogP contribution in [0, 0.1) is 0 Å². The molecule has 1 aliphatic rings. The smallest absolute Gasteiger partial charge is 0.335 e. The van der Waals surface area contributed by atoms with Crippen molar-refractivity contribution in [1.82, 2.24) is 5.32 Å². The van der Waals surface area contributed by atoms with E-state index in [-0.39, 0.29) is 0 Å². The zero-order valence-corrected chi connectivity index (χ0v) is 13.6. The normalized spacial score (nSPS) is 19.3. The Morgan fingerprint density at radius 3 is 2.95 bits per heavy atom. The van der Waals surface area contributed by atoms with Crippen LogP contribution in [-0.4, -0.2) is 40.1 Å². The molecule has 0 aromatic heterocycles. The number of rotatable bonds is 5. The van der Waals surface area contributed by atoms with Crippen LogP contribution in [0.25, 0.3) is 0 Å². The molecule has 0 spiro atoms. The highest BCUT2D eigenvalue weighted by Crippen LogP contribution is 2.23. The first-order chi connectivity index (χ1) is 9.16. The van der Waals surface area contributed by atoms with E-state index in [1.54, 1.807) is 12.1 Å². The standard InChI is InChI=1S/C13H16BrNO2S2/c14-12-5-9(13(16)17)1-2-10(12)6-15-7-11-8-18-3-4-19-11/h1-2,5,11,15H,3-4,6-8H2,(H,16,17). The zero-order chi connectivity index (χ0) is 13.7. The van der Waals surface area contributed by atoms with E-state index >= 15 is 0 Å². The molecule has 0 amide bonds. The van der Waals surface area contributed by atoms with Gasteiger partial charge < -0.3 is 10.4 Å². The predicted molar refractivity (Wildman–Crippen MR) is 86.4 cm³/mol. The summed E-state index contributed by atoms with van der Waals surface area (Å²) in [5.74, 6) is 2.84. The van der Waals surface area contributed by atoms with Gasteiger partial charge >= 0.3 is 5.97 Å². The van der Waals surface area contributed by atoms with E-state index in [9.17, 15) is 4.79 Å². The van der Waals surface area contributed by atoms with Crippen LogP contribution in [0.15, 0.2) is 22.7 Å². The second-order valence-corrected chi connectivity index (χ2v) is 7.72. The van der Waals surface area contributed by atoms with Crippen molar-refractivity contribution in [2.45, 2.75) is 11.8 Å². The minimum absolute atomic E-state index is 0.315. The van der Waals surface area contributed by atoms with Crippen molar-refractivity contribution in [2.75, 3.05) is 23.8 Å². The van der Waals surface area contributed by atoms with Gasteiger partial charge in [-0.15, -0.1) is 0 Å². The van der Waals surface area contributed by atoms with Gasteiger partial charge in [-0.1, -0.05) is 22.0 Å². The van der Waals surface area contributed by atoms with Crippen molar-refractivity contribution in [3.63, 3.8) is 0 Å². The minimum Gasteiger partial charge on any atom is -0.478 e. The lowest BCUT2D eigenvalue weighted by molar-refractivity contribution is 0.0697. The van der Waals surface area contributed by atoms with Crippen molar-refractivity contribution in [3.8, 4) is 0 Å². The average Bonchev–Trinajstić information content (AvgIpc) is 2.41. The number of thioether (sulfide) groups is 2. The maximum atomic E-state index is 10.8. The Morgan fingerprint density at radius 2 is 2.32 bits per heavy atom. The van der Waals surface area contributed by atoms with Gasteiger partial charge in [-0.3, -0.25) is 0 Å². The highest BCUT2D eigenvalue weighted by atomic mass is 79.9. The largest absolute Gasteiger partial charge is 0.478 e. The molecule has 2 rings (SSSR count). The van der Waals surface area contributed by atoms with Crippen LogP contribution in [0.3, 0.4) is 0 Å². The van der Waals surface area contributed by atoms with Crippen molar-refractivity contribution in [1.29, 1.82) is 0 Å². The molecule has 0 saturated carbocycles. The molecule has 104 valence electrons. The van der Waals surface area contributed by atoms with Crippen molar-refractivity contribution in [2.24, 2.45) is 0 Å². The minimum atomic E-state index is -0.893. The van der Waals surface area contributed by atoms with Crippen LogP contribution in [0.4, 0.5) is 0 Å². The third kappa shape index (κ3) is 4.70. The molecular weight excluding hydrogens is 346 g/mol. The third-order valence-corrected chi connectivity index (χ3v) is 6.46. The Bertz CT molecular complexity index is 450. The Hall–Kier alpha value is -0.170. The van der Waals surface area contributed by atoms with Crippen molar-refractivity contribution >= 4 is 45.4 Å². The fraction of sp³-hybridized carbons (Fsp3) is 0.462. The lowest BCUT2D eigenvalue weighted by atomic mass is 10.1.